The molecular weight excluding hydrogens is 624 g/mol. The number of halogens is 1. The fourth-order valence-corrected chi connectivity index (χ4v) is 7.08. The van der Waals surface area contributed by atoms with Crippen LogP contribution in [0.4, 0.5) is 5.13 Å². The molecule has 0 bridgehead atoms. The average molecular weight is 647 g/mol. The molecule has 0 unspecified atom stereocenters. The Morgan fingerprint density at radius 3 is 2.02 bits per heavy atom. The molecule has 2 amide bonds. The third kappa shape index (κ3) is 5.19. The van der Waals surface area contributed by atoms with E-state index in [2.05, 4.69) is 19.8 Å². The maximum absolute atomic E-state index is 13.8. The van der Waals surface area contributed by atoms with Crippen LogP contribution in [-0.4, -0.2) is 60.0 Å². The van der Waals surface area contributed by atoms with Crippen molar-refractivity contribution in [1.82, 2.24) is 19.6 Å². The molecule has 0 saturated carbocycles. The highest BCUT2D eigenvalue weighted by Gasteiger charge is 2.54. The molecule has 0 aliphatic carbocycles. The molecule has 3 aromatic carbocycles. The fraction of sp³-hybridized carbons (Fsp3) is 0.133. The summed E-state index contributed by atoms with van der Waals surface area (Å²) in [6.45, 7) is 0. The molecule has 11 nitrogen and oxygen atoms in total. The monoisotopic (exact) mass is 646 g/mol. The number of β-lactam (4-membered cyclic amide) rings is 1. The predicted molar refractivity (Wildman–Crippen MR) is 167 cm³/mol. The SMILES string of the molecule is Nc1nc(/C(=N/OC(c2ccccc2)(c2ccccc2)c2ccccc2)C(=O)N[C@@H]2C(=O)N3C(C(=O)O)=C(Cl)CS[C@@H]23)ns1. The van der Waals surface area contributed by atoms with Crippen molar-refractivity contribution < 1.29 is 24.3 Å². The molecule has 6 rings (SSSR count). The van der Waals surface area contributed by atoms with Gasteiger partial charge in [-0.3, -0.25) is 14.5 Å². The van der Waals surface area contributed by atoms with Crippen LogP contribution in [0.1, 0.15) is 22.5 Å². The standard InChI is InChI=1S/C30H23ClN6O5S2/c31-20-16-43-27-22(26(39)37(27)23(20)28(40)41)33-25(38)21(24-34-29(32)44-36-24)35-42-30(17-10-4-1-5-11-17,18-12-6-2-7-13-18)19-14-8-3-9-15-19/h1-15,22,27H,16H2,(H,33,38)(H,40,41)(H2,32,34,36)/b35-21-/t22-,27+/m1/s1. The molecule has 14 heteroatoms. The Morgan fingerprint density at radius 1 is 1.00 bits per heavy atom. The number of carbonyl (C=O) groups excluding carboxylic acids is 2. The number of amides is 2. The maximum Gasteiger partial charge on any atom is 0.353 e. The second-order valence-corrected chi connectivity index (χ2v) is 12.0. The van der Waals surface area contributed by atoms with Crippen LogP contribution in [-0.2, 0) is 24.8 Å². The van der Waals surface area contributed by atoms with Crippen molar-refractivity contribution in [2.24, 2.45) is 5.16 Å². The number of nitrogens with two attached hydrogens (primary N) is 1. The molecule has 3 heterocycles. The van der Waals surface area contributed by atoms with Crippen molar-refractivity contribution >= 4 is 63.5 Å². The molecular formula is C30H23ClN6O5S2. The third-order valence-electron chi connectivity index (χ3n) is 7.09. The van der Waals surface area contributed by atoms with Crippen LogP contribution in [0.15, 0.2) is 107 Å². The van der Waals surface area contributed by atoms with E-state index < -0.39 is 34.8 Å². The smallest absolute Gasteiger partial charge is 0.353 e. The molecule has 2 atom stereocenters. The first-order valence-corrected chi connectivity index (χ1v) is 15.4. The lowest BCUT2D eigenvalue weighted by atomic mass is 9.80. The molecule has 1 fully saturated rings. The number of oxime groups is 1. The minimum absolute atomic E-state index is 0.0498. The number of nitrogens with zero attached hydrogens (tertiary/aromatic N) is 4. The summed E-state index contributed by atoms with van der Waals surface area (Å²) in [4.78, 5) is 50.3. The van der Waals surface area contributed by atoms with Crippen molar-refractivity contribution in [3.8, 4) is 0 Å². The Morgan fingerprint density at radius 2 is 1.55 bits per heavy atom. The molecule has 4 N–H and O–H groups in total. The quantitative estimate of drug-likeness (QED) is 0.106. The van der Waals surface area contributed by atoms with Gasteiger partial charge in [-0.05, 0) is 0 Å². The number of carboxylic acid groups (broad SMARTS) is 1. The Kier molecular flexibility index (Phi) is 8.08. The van der Waals surface area contributed by atoms with Crippen LogP contribution in [0.5, 0.6) is 0 Å². The van der Waals surface area contributed by atoms with E-state index in [1.807, 2.05) is 91.0 Å². The van der Waals surface area contributed by atoms with Gasteiger partial charge in [0.2, 0.25) is 17.1 Å². The van der Waals surface area contributed by atoms with E-state index in [-0.39, 0.29) is 33.1 Å². The number of hydrogen-bond donors (Lipinski definition) is 3. The fourth-order valence-electron chi connectivity index (χ4n) is 5.10. The van der Waals surface area contributed by atoms with E-state index in [4.69, 9.17) is 22.2 Å². The molecule has 1 aromatic heterocycles. The molecule has 44 heavy (non-hydrogen) atoms. The zero-order valence-corrected chi connectivity index (χ0v) is 25.1. The Hall–Kier alpha value is -4.72. The van der Waals surface area contributed by atoms with Gasteiger partial charge in [-0.2, -0.15) is 9.36 Å². The molecule has 2 aliphatic heterocycles. The van der Waals surface area contributed by atoms with Gasteiger partial charge in [-0.1, -0.05) is 108 Å². The zero-order chi connectivity index (χ0) is 30.8. The number of hydrogen-bond acceptors (Lipinski definition) is 10. The molecule has 2 aliphatic rings. The normalized spacial score (nSPS) is 18.3. The first-order valence-electron chi connectivity index (χ1n) is 13.2. The first-order chi connectivity index (χ1) is 21.3. The number of nitrogen functional groups attached to an aromatic ring is 1. The van der Waals surface area contributed by atoms with Crippen LogP contribution in [0.2, 0.25) is 0 Å². The lowest BCUT2D eigenvalue weighted by Crippen LogP contribution is -2.71. The maximum atomic E-state index is 13.8. The first kappa shape index (κ1) is 29.4. The molecule has 1 saturated heterocycles. The van der Waals surface area contributed by atoms with Gasteiger partial charge >= 0.3 is 5.97 Å². The largest absolute Gasteiger partial charge is 0.477 e. The van der Waals surface area contributed by atoms with Gasteiger partial charge in [0.15, 0.2) is 5.13 Å². The predicted octanol–water partition coefficient (Wildman–Crippen LogP) is 3.77. The van der Waals surface area contributed by atoms with Gasteiger partial charge in [0.1, 0.15) is 17.1 Å². The van der Waals surface area contributed by atoms with E-state index in [0.29, 0.717) is 0 Å². The molecule has 0 spiro atoms. The van der Waals surface area contributed by atoms with Crippen molar-refractivity contribution in [3.05, 3.63) is 124 Å². The third-order valence-corrected chi connectivity index (χ3v) is 9.39. The van der Waals surface area contributed by atoms with Crippen molar-refractivity contribution in [1.29, 1.82) is 0 Å². The van der Waals surface area contributed by atoms with Gasteiger partial charge < -0.3 is 21.0 Å². The van der Waals surface area contributed by atoms with E-state index in [0.717, 1.165) is 33.1 Å². The second kappa shape index (κ2) is 12.1. The van der Waals surface area contributed by atoms with Gasteiger partial charge in [-0.25, -0.2) is 4.79 Å². The van der Waals surface area contributed by atoms with E-state index in [1.165, 1.54) is 11.8 Å². The summed E-state index contributed by atoms with van der Waals surface area (Å²) in [7, 11) is 0. The van der Waals surface area contributed by atoms with Crippen molar-refractivity contribution in [3.63, 3.8) is 0 Å². The summed E-state index contributed by atoms with van der Waals surface area (Å²) in [6, 6.07) is 27.2. The van der Waals surface area contributed by atoms with Crippen LogP contribution in [0.3, 0.4) is 0 Å². The Bertz CT molecular complexity index is 1690. The van der Waals surface area contributed by atoms with Gasteiger partial charge in [0, 0.05) is 34.0 Å². The van der Waals surface area contributed by atoms with Gasteiger partial charge in [0.25, 0.3) is 11.8 Å². The Balaban J connectivity index is 1.41. The second-order valence-electron chi connectivity index (χ2n) is 9.69. The van der Waals surface area contributed by atoms with Gasteiger partial charge in [0.05, 0.1) is 5.03 Å². The number of carboxylic acids is 1. The lowest BCUT2D eigenvalue weighted by molar-refractivity contribution is -0.150. The summed E-state index contributed by atoms with van der Waals surface area (Å²) < 4.78 is 4.18. The molecule has 222 valence electrons. The number of fused-ring (bicyclic) bond motifs is 1. The number of aliphatic carboxylic acids is 1. The molecule has 4 aromatic rings. The van der Waals surface area contributed by atoms with E-state index in [1.54, 1.807) is 0 Å². The number of thioether (sulfide) groups is 1. The highest BCUT2D eigenvalue weighted by Crippen LogP contribution is 2.42. The van der Waals surface area contributed by atoms with Crippen LogP contribution >= 0.6 is 34.9 Å². The number of rotatable bonds is 9. The summed E-state index contributed by atoms with van der Waals surface area (Å²) in [5.41, 5.74) is 6.14. The molecule has 0 radical (unpaired) electrons. The topological polar surface area (TPSA) is 160 Å². The van der Waals surface area contributed by atoms with Crippen LogP contribution in [0.25, 0.3) is 0 Å². The minimum Gasteiger partial charge on any atom is -0.477 e. The number of benzene rings is 3. The lowest BCUT2D eigenvalue weighted by Gasteiger charge is -2.48. The zero-order valence-electron chi connectivity index (χ0n) is 22.7. The van der Waals surface area contributed by atoms with Gasteiger partial charge in [-0.15, -0.1) is 11.8 Å². The summed E-state index contributed by atoms with van der Waals surface area (Å²) in [5.74, 6) is -2.67. The summed E-state index contributed by atoms with van der Waals surface area (Å²) in [6.07, 6.45) is 0. The van der Waals surface area contributed by atoms with Crippen molar-refractivity contribution in [2.45, 2.75) is 17.0 Å². The number of carbonyl (C=O) groups is 3. The summed E-state index contributed by atoms with van der Waals surface area (Å²) in [5, 5.41) is 16.1. The van der Waals surface area contributed by atoms with E-state index >= 15 is 0 Å². The van der Waals surface area contributed by atoms with Crippen LogP contribution in [0, 0.1) is 0 Å². The summed E-state index contributed by atoms with van der Waals surface area (Å²) >= 11 is 8.20. The number of nitrogens with one attached hydrogen (secondary N) is 1. The number of aromatic nitrogens is 2. The Labute approximate surface area is 264 Å². The minimum atomic E-state index is -1.32. The van der Waals surface area contributed by atoms with E-state index in [9.17, 15) is 19.5 Å². The number of anilines is 1. The average Bonchev–Trinajstić information content (AvgIpc) is 3.48. The highest BCUT2D eigenvalue weighted by molar-refractivity contribution is 8.00. The van der Waals surface area contributed by atoms with Crippen LogP contribution < -0.4 is 11.1 Å². The van der Waals surface area contributed by atoms with Crippen molar-refractivity contribution in [2.75, 3.05) is 11.5 Å². The highest BCUT2D eigenvalue weighted by atomic mass is 35.5.